The monoisotopic (exact) mass is 446 g/mol. The third-order valence-electron chi connectivity index (χ3n) is 4.84. The smallest absolute Gasteiger partial charge is 0.343 e. The Labute approximate surface area is 189 Å². The number of amides is 1. The molecular weight excluding hydrogens is 428 g/mol. The Bertz CT molecular complexity index is 1270. The number of rotatable bonds is 6. The molecule has 0 bridgehead atoms. The van der Waals surface area contributed by atoms with E-state index in [0.717, 1.165) is 11.1 Å². The molecule has 1 heterocycles. The minimum atomic E-state index is -0.459. The quantitative estimate of drug-likeness (QED) is 0.247. The van der Waals surface area contributed by atoms with E-state index in [1.54, 1.807) is 61.8 Å². The van der Waals surface area contributed by atoms with Gasteiger partial charge >= 0.3 is 5.97 Å². The van der Waals surface area contributed by atoms with Crippen LogP contribution in [-0.2, 0) is 4.79 Å². The molecular formula is C25H19ClN2O4. The number of hydrogen-bond acceptors (Lipinski definition) is 5. The number of fused-ring (bicyclic) bond motifs is 1. The minimum absolute atomic E-state index is 0.120. The van der Waals surface area contributed by atoms with Crippen molar-refractivity contribution < 1.29 is 19.1 Å². The number of anilines is 1. The second kappa shape index (κ2) is 9.49. The van der Waals surface area contributed by atoms with Crippen molar-refractivity contribution in [3.8, 4) is 22.8 Å². The van der Waals surface area contributed by atoms with Gasteiger partial charge in [0.2, 0.25) is 11.8 Å². The molecule has 6 nitrogen and oxygen atoms in total. The first kappa shape index (κ1) is 21.3. The molecule has 0 aliphatic rings. The van der Waals surface area contributed by atoms with Crippen LogP contribution in [0.4, 0.5) is 5.69 Å². The van der Waals surface area contributed by atoms with Crippen molar-refractivity contribution in [2.24, 2.45) is 0 Å². The maximum atomic E-state index is 12.7. The number of alkyl halides is 1. The lowest BCUT2D eigenvalue weighted by atomic mass is 9.99. The van der Waals surface area contributed by atoms with Crippen LogP contribution in [0.3, 0.4) is 0 Å². The molecule has 0 spiro atoms. The first-order valence-electron chi connectivity index (χ1n) is 9.80. The van der Waals surface area contributed by atoms with Crippen LogP contribution in [-0.4, -0.2) is 29.9 Å². The zero-order valence-electron chi connectivity index (χ0n) is 17.2. The Hall–Kier alpha value is -3.90. The number of pyridine rings is 1. The Balaban J connectivity index is 1.79. The van der Waals surface area contributed by atoms with Crippen LogP contribution in [0.15, 0.2) is 79.0 Å². The van der Waals surface area contributed by atoms with Crippen LogP contribution in [0.25, 0.3) is 21.9 Å². The summed E-state index contributed by atoms with van der Waals surface area (Å²) in [5.41, 5.74) is 2.66. The van der Waals surface area contributed by atoms with E-state index in [4.69, 9.17) is 21.1 Å². The van der Waals surface area contributed by atoms with E-state index in [0.29, 0.717) is 33.7 Å². The topological polar surface area (TPSA) is 77.5 Å². The van der Waals surface area contributed by atoms with Gasteiger partial charge in [0.25, 0.3) is 0 Å². The van der Waals surface area contributed by atoms with Gasteiger partial charge in [0, 0.05) is 28.2 Å². The van der Waals surface area contributed by atoms with E-state index in [1.165, 1.54) is 0 Å². The summed E-state index contributed by atoms with van der Waals surface area (Å²) in [6.07, 6.45) is 1.67. The summed E-state index contributed by atoms with van der Waals surface area (Å²) in [5.74, 6) is -0.0470. The van der Waals surface area contributed by atoms with Gasteiger partial charge in [-0.05, 0) is 42.0 Å². The van der Waals surface area contributed by atoms with Gasteiger partial charge in [-0.3, -0.25) is 4.79 Å². The maximum Gasteiger partial charge on any atom is 0.343 e. The second-order valence-corrected chi connectivity index (χ2v) is 7.14. The molecule has 3 aromatic carbocycles. The van der Waals surface area contributed by atoms with Gasteiger partial charge < -0.3 is 14.8 Å². The summed E-state index contributed by atoms with van der Waals surface area (Å²) in [4.78, 5) is 28.7. The number of hydrogen-bond donors (Lipinski definition) is 1. The van der Waals surface area contributed by atoms with E-state index in [2.05, 4.69) is 10.3 Å². The van der Waals surface area contributed by atoms with Crippen LogP contribution in [0.2, 0.25) is 0 Å². The Morgan fingerprint density at radius 2 is 1.72 bits per heavy atom. The molecule has 0 atom stereocenters. The molecule has 7 heteroatoms. The molecule has 32 heavy (non-hydrogen) atoms. The third kappa shape index (κ3) is 4.40. The van der Waals surface area contributed by atoms with Crippen molar-refractivity contribution >= 4 is 39.9 Å². The van der Waals surface area contributed by atoms with Crippen LogP contribution >= 0.6 is 11.6 Å². The molecule has 0 aliphatic heterocycles. The van der Waals surface area contributed by atoms with Crippen LogP contribution in [0.5, 0.6) is 11.6 Å². The molecule has 160 valence electrons. The lowest BCUT2D eigenvalue weighted by molar-refractivity contribution is -0.113. The number of carbonyl (C=O) groups is 2. The Kier molecular flexibility index (Phi) is 6.33. The lowest BCUT2D eigenvalue weighted by Gasteiger charge is -2.14. The number of methoxy groups -OCH3 is 1. The standard InChI is InChI=1S/C25H19ClN2O4/c1-31-24-19-8-5-9-21(32-25(30)17-6-3-2-4-7-17)23(19)20(15-27-24)16-10-12-18(13-11-16)28-22(29)14-26/h2-13,15H,14H2,1H3,(H,28,29). The molecule has 1 aromatic heterocycles. The van der Waals surface area contributed by atoms with Crippen molar-refractivity contribution in [1.29, 1.82) is 0 Å². The Morgan fingerprint density at radius 3 is 2.41 bits per heavy atom. The van der Waals surface area contributed by atoms with Crippen molar-refractivity contribution in [1.82, 2.24) is 4.98 Å². The van der Waals surface area contributed by atoms with Crippen LogP contribution in [0.1, 0.15) is 10.4 Å². The van der Waals surface area contributed by atoms with Gasteiger partial charge in [0.1, 0.15) is 11.6 Å². The normalized spacial score (nSPS) is 10.6. The van der Waals surface area contributed by atoms with E-state index in [9.17, 15) is 9.59 Å². The van der Waals surface area contributed by atoms with Crippen LogP contribution < -0.4 is 14.8 Å². The first-order chi connectivity index (χ1) is 15.6. The fourth-order valence-electron chi connectivity index (χ4n) is 3.37. The molecule has 0 saturated heterocycles. The van der Waals surface area contributed by atoms with Gasteiger partial charge in [-0.1, -0.05) is 36.4 Å². The predicted molar refractivity (Wildman–Crippen MR) is 124 cm³/mol. The zero-order chi connectivity index (χ0) is 22.5. The molecule has 4 rings (SSSR count). The molecule has 4 aromatic rings. The summed E-state index contributed by atoms with van der Waals surface area (Å²) in [7, 11) is 1.54. The molecule has 0 aliphatic carbocycles. The number of nitrogens with zero attached hydrogens (tertiary/aromatic N) is 1. The highest BCUT2D eigenvalue weighted by molar-refractivity contribution is 6.29. The molecule has 0 saturated carbocycles. The molecule has 0 unspecified atom stereocenters. The van der Waals surface area contributed by atoms with Crippen molar-refractivity contribution in [2.45, 2.75) is 0 Å². The van der Waals surface area contributed by atoms with E-state index in [-0.39, 0.29) is 11.8 Å². The fraction of sp³-hybridized carbons (Fsp3) is 0.0800. The summed E-state index contributed by atoms with van der Waals surface area (Å²) < 4.78 is 11.2. The number of nitrogens with one attached hydrogen (secondary N) is 1. The number of benzene rings is 3. The fourth-order valence-corrected chi connectivity index (χ4v) is 3.44. The number of ether oxygens (including phenoxy) is 2. The average Bonchev–Trinajstić information content (AvgIpc) is 2.84. The number of aromatic nitrogens is 1. The largest absolute Gasteiger partial charge is 0.481 e. The predicted octanol–water partition coefficient (Wildman–Crippen LogP) is 5.31. The molecule has 1 N–H and O–H groups in total. The highest BCUT2D eigenvalue weighted by Gasteiger charge is 2.17. The van der Waals surface area contributed by atoms with Crippen LogP contribution in [0, 0.1) is 0 Å². The zero-order valence-corrected chi connectivity index (χ0v) is 17.9. The minimum Gasteiger partial charge on any atom is -0.481 e. The third-order valence-corrected chi connectivity index (χ3v) is 5.09. The summed E-state index contributed by atoms with van der Waals surface area (Å²) in [6, 6.07) is 21.4. The van der Waals surface area contributed by atoms with Gasteiger partial charge in [0.05, 0.1) is 12.7 Å². The molecule has 0 radical (unpaired) electrons. The highest BCUT2D eigenvalue weighted by atomic mass is 35.5. The van der Waals surface area contributed by atoms with Gasteiger partial charge in [-0.15, -0.1) is 11.6 Å². The van der Waals surface area contributed by atoms with E-state index in [1.807, 2.05) is 24.3 Å². The second-order valence-electron chi connectivity index (χ2n) is 6.87. The number of halogens is 1. The van der Waals surface area contributed by atoms with Crippen molar-refractivity contribution in [3.05, 3.63) is 84.6 Å². The van der Waals surface area contributed by atoms with Crippen molar-refractivity contribution in [2.75, 3.05) is 18.3 Å². The summed E-state index contributed by atoms with van der Waals surface area (Å²) in [6.45, 7) is 0. The lowest BCUT2D eigenvalue weighted by Crippen LogP contribution is -2.12. The van der Waals surface area contributed by atoms with Gasteiger partial charge in [0.15, 0.2) is 0 Å². The summed E-state index contributed by atoms with van der Waals surface area (Å²) in [5, 5.41) is 4.11. The average molecular weight is 447 g/mol. The highest BCUT2D eigenvalue weighted by Crippen LogP contribution is 2.39. The number of carbonyl (C=O) groups excluding carboxylic acids is 2. The maximum absolute atomic E-state index is 12.7. The summed E-state index contributed by atoms with van der Waals surface area (Å²) >= 11 is 5.55. The SMILES string of the molecule is COc1ncc(-c2ccc(NC(=O)CCl)cc2)c2c(OC(=O)c3ccccc3)cccc12. The van der Waals surface area contributed by atoms with Gasteiger partial charge in [-0.25, -0.2) is 9.78 Å². The molecule has 0 fully saturated rings. The van der Waals surface area contributed by atoms with E-state index >= 15 is 0 Å². The van der Waals surface area contributed by atoms with E-state index < -0.39 is 5.97 Å². The Morgan fingerprint density at radius 1 is 0.969 bits per heavy atom. The number of esters is 1. The first-order valence-corrected chi connectivity index (χ1v) is 10.3. The van der Waals surface area contributed by atoms with Crippen molar-refractivity contribution in [3.63, 3.8) is 0 Å². The van der Waals surface area contributed by atoms with Gasteiger partial charge in [-0.2, -0.15) is 0 Å². The molecule has 1 amide bonds.